The molecule has 112 valence electrons. The van der Waals surface area contributed by atoms with Gasteiger partial charge in [0.15, 0.2) is 0 Å². The second-order valence-corrected chi connectivity index (χ2v) is 4.95. The summed E-state index contributed by atoms with van der Waals surface area (Å²) in [6, 6.07) is 8.21. The summed E-state index contributed by atoms with van der Waals surface area (Å²) in [7, 11) is 1.50. The first-order valence-electron chi connectivity index (χ1n) is 6.29. The minimum absolute atomic E-state index is 0.0334. The van der Waals surface area contributed by atoms with Crippen molar-refractivity contribution >= 4 is 11.6 Å². The molecular formula is C15H15ClF2N2O. The van der Waals surface area contributed by atoms with Crippen molar-refractivity contribution in [2.24, 2.45) is 5.84 Å². The molecule has 2 aromatic rings. The van der Waals surface area contributed by atoms with Crippen LogP contribution in [0.15, 0.2) is 36.4 Å². The van der Waals surface area contributed by atoms with Gasteiger partial charge in [-0.2, -0.15) is 0 Å². The predicted molar refractivity (Wildman–Crippen MR) is 78.1 cm³/mol. The van der Waals surface area contributed by atoms with Crippen LogP contribution < -0.4 is 16.0 Å². The predicted octanol–water partition coefficient (Wildman–Crippen LogP) is 3.37. The molecule has 6 heteroatoms. The molecule has 0 fully saturated rings. The lowest BCUT2D eigenvalue weighted by molar-refractivity contribution is 0.397. The molecule has 0 aliphatic heterocycles. The van der Waals surface area contributed by atoms with Crippen molar-refractivity contribution in [1.82, 2.24) is 5.43 Å². The molecule has 0 heterocycles. The smallest absolute Gasteiger partial charge is 0.129 e. The van der Waals surface area contributed by atoms with Gasteiger partial charge in [0.1, 0.15) is 17.4 Å². The first-order valence-corrected chi connectivity index (χ1v) is 6.67. The minimum atomic E-state index is -0.615. The Kier molecular flexibility index (Phi) is 5.12. The molecule has 2 aromatic carbocycles. The van der Waals surface area contributed by atoms with Gasteiger partial charge in [-0.05, 0) is 36.8 Å². The van der Waals surface area contributed by atoms with Gasteiger partial charge in [0.2, 0.25) is 0 Å². The quantitative estimate of drug-likeness (QED) is 0.657. The average molecular weight is 313 g/mol. The van der Waals surface area contributed by atoms with Crippen LogP contribution in [-0.2, 0) is 6.42 Å². The molecule has 0 radical (unpaired) electrons. The van der Waals surface area contributed by atoms with Gasteiger partial charge in [0.25, 0.3) is 0 Å². The van der Waals surface area contributed by atoms with Gasteiger partial charge in [-0.3, -0.25) is 11.3 Å². The second-order valence-electron chi connectivity index (χ2n) is 4.51. The number of methoxy groups -OCH3 is 1. The number of halogens is 3. The van der Waals surface area contributed by atoms with E-state index in [-0.39, 0.29) is 12.0 Å². The molecule has 0 bridgehead atoms. The largest absolute Gasteiger partial charge is 0.496 e. The molecule has 2 rings (SSSR count). The van der Waals surface area contributed by atoms with Crippen LogP contribution in [0.4, 0.5) is 8.78 Å². The van der Waals surface area contributed by atoms with Crippen molar-refractivity contribution in [3.63, 3.8) is 0 Å². The van der Waals surface area contributed by atoms with Crippen molar-refractivity contribution in [3.8, 4) is 5.75 Å². The van der Waals surface area contributed by atoms with Gasteiger partial charge in [-0.25, -0.2) is 8.78 Å². The highest BCUT2D eigenvalue weighted by Gasteiger charge is 2.20. The molecule has 21 heavy (non-hydrogen) atoms. The first kappa shape index (κ1) is 15.7. The maximum Gasteiger partial charge on any atom is 0.129 e. The Morgan fingerprint density at radius 3 is 2.48 bits per heavy atom. The van der Waals surface area contributed by atoms with E-state index in [0.29, 0.717) is 16.3 Å². The van der Waals surface area contributed by atoms with Gasteiger partial charge < -0.3 is 4.74 Å². The standard InChI is InChI=1S/C15H15ClF2N2O/c1-21-15-6-5-9(16)7-11(15)14(20-19)8-10-12(17)3-2-4-13(10)18/h2-7,14,20H,8,19H2,1H3. The molecule has 0 aliphatic carbocycles. The fraction of sp³-hybridized carbons (Fsp3) is 0.200. The zero-order valence-electron chi connectivity index (χ0n) is 11.4. The third-order valence-electron chi connectivity index (χ3n) is 3.24. The number of hydrogen-bond acceptors (Lipinski definition) is 3. The summed E-state index contributed by atoms with van der Waals surface area (Å²) in [5.41, 5.74) is 3.15. The van der Waals surface area contributed by atoms with Crippen molar-refractivity contribution in [2.75, 3.05) is 7.11 Å². The number of nitrogens with one attached hydrogen (secondary N) is 1. The van der Waals surface area contributed by atoms with Crippen molar-refractivity contribution in [3.05, 3.63) is 64.2 Å². The number of hydrazine groups is 1. The van der Waals surface area contributed by atoms with Crippen molar-refractivity contribution in [2.45, 2.75) is 12.5 Å². The summed E-state index contributed by atoms with van der Waals surface area (Å²) in [5.74, 6) is 4.84. The summed E-state index contributed by atoms with van der Waals surface area (Å²) < 4.78 is 32.8. The molecule has 0 aliphatic rings. The summed E-state index contributed by atoms with van der Waals surface area (Å²) in [5, 5.41) is 0.486. The van der Waals surface area contributed by atoms with Gasteiger partial charge in [-0.1, -0.05) is 17.7 Å². The molecule has 0 amide bonds. The third-order valence-corrected chi connectivity index (χ3v) is 3.47. The average Bonchev–Trinajstić information content (AvgIpc) is 2.47. The van der Waals surface area contributed by atoms with E-state index in [0.717, 1.165) is 0 Å². The van der Waals surface area contributed by atoms with Gasteiger partial charge in [0.05, 0.1) is 13.2 Å². The number of benzene rings is 2. The van der Waals surface area contributed by atoms with E-state index in [1.54, 1.807) is 18.2 Å². The second kappa shape index (κ2) is 6.85. The Bertz CT molecular complexity index is 617. The van der Waals surface area contributed by atoms with E-state index in [2.05, 4.69) is 5.43 Å². The summed E-state index contributed by atoms with van der Waals surface area (Å²) in [6.45, 7) is 0. The molecule has 0 aromatic heterocycles. The Balaban J connectivity index is 2.39. The number of rotatable bonds is 5. The molecule has 1 atom stereocenters. The van der Waals surface area contributed by atoms with E-state index in [9.17, 15) is 8.78 Å². The minimum Gasteiger partial charge on any atom is -0.496 e. The maximum absolute atomic E-state index is 13.8. The van der Waals surface area contributed by atoms with Crippen molar-refractivity contribution in [1.29, 1.82) is 0 Å². The van der Waals surface area contributed by atoms with Crippen LogP contribution in [0.1, 0.15) is 17.2 Å². The molecule has 0 saturated carbocycles. The molecule has 0 spiro atoms. The van der Waals surface area contributed by atoms with Gasteiger partial charge >= 0.3 is 0 Å². The lowest BCUT2D eigenvalue weighted by atomic mass is 9.98. The number of hydrogen-bond donors (Lipinski definition) is 2. The third kappa shape index (κ3) is 3.50. The SMILES string of the molecule is COc1ccc(Cl)cc1C(Cc1c(F)cccc1F)NN. The molecular weight excluding hydrogens is 298 g/mol. The zero-order chi connectivity index (χ0) is 15.4. The molecule has 0 saturated heterocycles. The summed E-state index contributed by atoms with van der Waals surface area (Å²) >= 11 is 5.97. The number of nitrogens with two attached hydrogens (primary N) is 1. The Morgan fingerprint density at radius 1 is 1.24 bits per heavy atom. The molecule has 1 unspecified atom stereocenters. The van der Waals surface area contributed by atoms with Gasteiger partial charge in [-0.15, -0.1) is 0 Å². The van der Waals surface area contributed by atoms with Crippen LogP contribution in [0.5, 0.6) is 5.75 Å². The Hall–Kier alpha value is -1.69. The highest BCUT2D eigenvalue weighted by Crippen LogP contribution is 2.31. The maximum atomic E-state index is 13.8. The monoisotopic (exact) mass is 312 g/mol. The van der Waals surface area contributed by atoms with Crippen LogP contribution in [0.2, 0.25) is 5.02 Å². The Morgan fingerprint density at radius 2 is 1.90 bits per heavy atom. The van der Waals surface area contributed by atoms with E-state index in [1.807, 2.05) is 0 Å². The molecule has 3 nitrogen and oxygen atoms in total. The van der Waals surface area contributed by atoms with E-state index in [1.165, 1.54) is 25.3 Å². The van der Waals surface area contributed by atoms with Gasteiger partial charge in [0, 0.05) is 16.1 Å². The van der Waals surface area contributed by atoms with E-state index in [4.69, 9.17) is 22.2 Å². The van der Waals surface area contributed by atoms with E-state index < -0.39 is 17.7 Å². The van der Waals surface area contributed by atoms with E-state index >= 15 is 0 Å². The van der Waals surface area contributed by atoms with Crippen LogP contribution in [0.25, 0.3) is 0 Å². The lowest BCUT2D eigenvalue weighted by Crippen LogP contribution is -2.30. The van der Waals surface area contributed by atoms with Crippen LogP contribution in [-0.4, -0.2) is 7.11 Å². The topological polar surface area (TPSA) is 47.3 Å². The van der Waals surface area contributed by atoms with Crippen LogP contribution in [0.3, 0.4) is 0 Å². The van der Waals surface area contributed by atoms with Crippen LogP contribution in [0, 0.1) is 11.6 Å². The lowest BCUT2D eigenvalue weighted by Gasteiger charge is -2.20. The van der Waals surface area contributed by atoms with Crippen molar-refractivity contribution < 1.29 is 13.5 Å². The highest BCUT2D eigenvalue weighted by atomic mass is 35.5. The Labute approximate surface area is 126 Å². The molecule has 3 N–H and O–H groups in total. The van der Waals surface area contributed by atoms with Crippen LogP contribution >= 0.6 is 11.6 Å². The zero-order valence-corrected chi connectivity index (χ0v) is 12.1. The number of ether oxygens (including phenoxy) is 1. The highest BCUT2D eigenvalue weighted by molar-refractivity contribution is 6.30. The first-order chi connectivity index (χ1) is 10.1. The fourth-order valence-electron chi connectivity index (χ4n) is 2.17. The summed E-state index contributed by atoms with van der Waals surface area (Å²) in [4.78, 5) is 0. The fourth-order valence-corrected chi connectivity index (χ4v) is 2.35. The summed E-state index contributed by atoms with van der Waals surface area (Å²) in [6.07, 6.45) is 0.0334. The normalized spacial score (nSPS) is 12.2.